The molecule has 0 bridgehead atoms. The van der Waals surface area contributed by atoms with Crippen LogP contribution in [0.4, 0.5) is 0 Å². The van der Waals surface area contributed by atoms with Gasteiger partial charge in [-0.2, -0.15) is 0 Å². The van der Waals surface area contributed by atoms with Gasteiger partial charge in [-0.05, 0) is 36.3 Å². The molecule has 0 aliphatic carbocycles. The summed E-state index contributed by atoms with van der Waals surface area (Å²) in [6.07, 6.45) is 3.00. The average Bonchev–Trinajstić information content (AvgIpc) is 2.43. The Morgan fingerprint density at radius 3 is 2.40 bits per heavy atom. The molecule has 0 aromatic heterocycles. The molecule has 0 heterocycles. The van der Waals surface area contributed by atoms with Crippen LogP contribution in [0, 0.1) is 0 Å². The van der Waals surface area contributed by atoms with Crippen LogP contribution in [0.15, 0.2) is 43.5 Å². The molecule has 0 amide bonds. The number of esters is 1. The predicted molar refractivity (Wildman–Crippen MR) is 84.6 cm³/mol. The molecule has 0 saturated heterocycles. The third-order valence-corrected chi connectivity index (χ3v) is 3.52. The van der Waals surface area contributed by atoms with E-state index < -0.39 is 0 Å². The van der Waals surface area contributed by atoms with Crippen LogP contribution >= 0.6 is 0 Å². The molecule has 0 radical (unpaired) electrons. The van der Waals surface area contributed by atoms with Gasteiger partial charge in [0.15, 0.2) is 0 Å². The van der Waals surface area contributed by atoms with Crippen molar-refractivity contribution in [2.75, 3.05) is 6.61 Å². The maximum absolute atomic E-state index is 11.0. The monoisotopic (exact) mass is 272 g/mol. The Labute approximate surface area is 122 Å². The van der Waals surface area contributed by atoms with Gasteiger partial charge >= 0.3 is 5.97 Å². The van der Waals surface area contributed by atoms with E-state index in [1.165, 1.54) is 17.2 Å². The van der Waals surface area contributed by atoms with Crippen LogP contribution in [0.3, 0.4) is 0 Å². The first kappa shape index (κ1) is 16.2. The topological polar surface area (TPSA) is 26.3 Å². The van der Waals surface area contributed by atoms with Crippen molar-refractivity contribution in [3.8, 4) is 0 Å². The van der Waals surface area contributed by atoms with Gasteiger partial charge in [-0.25, -0.2) is 4.79 Å². The lowest BCUT2D eigenvalue weighted by Crippen LogP contribution is -2.18. The molecule has 0 N–H and O–H groups in total. The second kappa shape index (κ2) is 7.09. The van der Waals surface area contributed by atoms with Crippen LogP contribution in [0.25, 0.3) is 5.57 Å². The van der Waals surface area contributed by atoms with E-state index in [1.807, 2.05) is 6.92 Å². The van der Waals surface area contributed by atoms with Gasteiger partial charge in [0, 0.05) is 6.08 Å². The fraction of sp³-hybridized carbons (Fsp3) is 0.389. The molecule has 1 aromatic carbocycles. The molecule has 1 aromatic rings. The minimum Gasteiger partial charge on any atom is -0.463 e. The molecule has 0 fully saturated rings. The Morgan fingerprint density at radius 2 is 1.90 bits per heavy atom. The van der Waals surface area contributed by atoms with E-state index in [4.69, 9.17) is 4.74 Å². The fourth-order valence-electron chi connectivity index (χ4n) is 2.10. The SMILES string of the molecule is C=CC(=O)OCCCC(C)(C)c1ccc(C(=C)C)cc1. The summed E-state index contributed by atoms with van der Waals surface area (Å²) in [5.41, 5.74) is 3.60. The lowest BCUT2D eigenvalue weighted by atomic mass is 9.80. The molecule has 20 heavy (non-hydrogen) atoms. The second-order valence-corrected chi connectivity index (χ2v) is 5.72. The Bertz CT molecular complexity index is 481. The second-order valence-electron chi connectivity index (χ2n) is 5.72. The number of ether oxygens (including phenoxy) is 1. The molecule has 0 aliphatic heterocycles. The third-order valence-electron chi connectivity index (χ3n) is 3.52. The highest BCUT2D eigenvalue weighted by Gasteiger charge is 2.20. The summed E-state index contributed by atoms with van der Waals surface area (Å²) in [6, 6.07) is 8.52. The summed E-state index contributed by atoms with van der Waals surface area (Å²) < 4.78 is 5.00. The minimum atomic E-state index is -0.353. The summed E-state index contributed by atoms with van der Waals surface area (Å²) >= 11 is 0. The van der Waals surface area contributed by atoms with Crippen LogP contribution in [0.5, 0.6) is 0 Å². The number of benzene rings is 1. The summed E-state index contributed by atoms with van der Waals surface area (Å²) in [6.45, 7) is 14.2. The van der Waals surface area contributed by atoms with Gasteiger partial charge in [0.2, 0.25) is 0 Å². The van der Waals surface area contributed by atoms with Crippen molar-refractivity contribution in [1.82, 2.24) is 0 Å². The number of carbonyl (C=O) groups excluding carboxylic acids is 1. The van der Waals surface area contributed by atoms with Crippen molar-refractivity contribution < 1.29 is 9.53 Å². The molecular formula is C18H24O2. The summed E-state index contributed by atoms with van der Waals surface area (Å²) in [4.78, 5) is 11.0. The van der Waals surface area contributed by atoms with Gasteiger partial charge < -0.3 is 4.74 Å². The standard InChI is InChI=1S/C18H24O2/c1-6-17(19)20-13-7-12-18(4,5)16-10-8-15(9-11-16)14(2)3/h6,8-11H,1-2,7,12-13H2,3-5H3. The lowest BCUT2D eigenvalue weighted by Gasteiger charge is -2.25. The maximum Gasteiger partial charge on any atom is 0.330 e. The number of carbonyl (C=O) groups is 1. The van der Waals surface area contributed by atoms with Gasteiger partial charge in [-0.15, -0.1) is 0 Å². The van der Waals surface area contributed by atoms with Gasteiger partial charge in [0.05, 0.1) is 6.61 Å². The Kier molecular flexibility index (Phi) is 5.75. The number of hydrogen-bond donors (Lipinski definition) is 0. The first-order valence-electron chi connectivity index (χ1n) is 6.92. The largest absolute Gasteiger partial charge is 0.463 e. The van der Waals surface area contributed by atoms with Crippen LogP contribution in [0.2, 0.25) is 0 Å². The molecule has 0 atom stereocenters. The van der Waals surface area contributed by atoms with Gasteiger partial charge in [0.1, 0.15) is 0 Å². The number of rotatable bonds is 7. The highest BCUT2D eigenvalue weighted by Crippen LogP contribution is 2.29. The van der Waals surface area contributed by atoms with E-state index in [2.05, 4.69) is 51.3 Å². The normalized spacial score (nSPS) is 10.9. The van der Waals surface area contributed by atoms with Crippen molar-refractivity contribution in [2.24, 2.45) is 0 Å². The molecule has 0 unspecified atom stereocenters. The molecule has 108 valence electrons. The number of allylic oxidation sites excluding steroid dienone is 1. The Balaban J connectivity index is 2.57. The van der Waals surface area contributed by atoms with E-state index in [0.717, 1.165) is 18.4 Å². The molecular weight excluding hydrogens is 248 g/mol. The van der Waals surface area contributed by atoms with E-state index in [9.17, 15) is 4.79 Å². The molecule has 2 heteroatoms. The zero-order valence-corrected chi connectivity index (χ0v) is 12.7. The Hall–Kier alpha value is -1.83. The minimum absolute atomic E-state index is 0.0637. The van der Waals surface area contributed by atoms with E-state index >= 15 is 0 Å². The van der Waals surface area contributed by atoms with Crippen LogP contribution < -0.4 is 0 Å². The van der Waals surface area contributed by atoms with Crippen molar-refractivity contribution >= 4 is 11.5 Å². The maximum atomic E-state index is 11.0. The average molecular weight is 272 g/mol. The fourth-order valence-corrected chi connectivity index (χ4v) is 2.10. The van der Waals surface area contributed by atoms with Crippen LogP contribution in [-0.4, -0.2) is 12.6 Å². The van der Waals surface area contributed by atoms with Crippen LogP contribution in [0.1, 0.15) is 44.7 Å². The zero-order valence-electron chi connectivity index (χ0n) is 12.7. The van der Waals surface area contributed by atoms with Crippen molar-refractivity contribution in [2.45, 2.75) is 39.0 Å². The highest BCUT2D eigenvalue weighted by molar-refractivity contribution is 5.81. The first-order chi connectivity index (χ1) is 9.36. The molecule has 0 saturated carbocycles. The van der Waals surface area contributed by atoms with Crippen molar-refractivity contribution in [3.05, 3.63) is 54.6 Å². The first-order valence-corrected chi connectivity index (χ1v) is 6.92. The van der Waals surface area contributed by atoms with E-state index in [1.54, 1.807) is 0 Å². The van der Waals surface area contributed by atoms with Crippen molar-refractivity contribution in [1.29, 1.82) is 0 Å². The van der Waals surface area contributed by atoms with Gasteiger partial charge in [-0.1, -0.05) is 56.8 Å². The molecule has 1 rings (SSSR count). The Morgan fingerprint density at radius 1 is 1.30 bits per heavy atom. The van der Waals surface area contributed by atoms with E-state index in [-0.39, 0.29) is 11.4 Å². The molecule has 0 spiro atoms. The van der Waals surface area contributed by atoms with E-state index in [0.29, 0.717) is 6.61 Å². The highest BCUT2D eigenvalue weighted by atomic mass is 16.5. The third kappa shape index (κ3) is 4.69. The zero-order chi connectivity index (χ0) is 15.2. The smallest absolute Gasteiger partial charge is 0.330 e. The quantitative estimate of drug-likeness (QED) is 0.415. The lowest BCUT2D eigenvalue weighted by molar-refractivity contribution is -0.137. The molecule has 0 aliphatic rings. The van der Waals surface area contributed by atoms with Crippen molar-refractivity contribution in [3.63, 3.8) is 0 Å². The predicted octanol–water partition coefficient (Wildman–Crippen LogP) is 4.51. The number of hydrogen-bond acceptors (Lipinski definition) is 2. The summed E-state index contributed by atoms with van der Waals surface area (Å²) in [5, 5.41) is 0. The summed E-state index contributed by atoms with van der Waals surface area (Å²) in [7, 11) is 0. The van der Waals surface area contributed by atoms with Gasteiger partial charge in [-0.3, -0.25) is 0 Å². The summed E-state index contributed by atoms with van der Waals surface area (Å²) in [5.74, 6) is -0.353. The van der Waals surface area contributed by atoms with Gasteiger partial charge in [0.25, 0.3) is 0 Å². The molecule has 2 nitrogen and oxygen atoms in total. The van der Waals surface area contributed by atoms with Crippen LogP contribution in [-0.2, 0) is 14.9 Å².